The molecule has 0 aliphatic carbocycles. The van der Waals surface area contributed by atoms with Gasteiger partial charge in [0.15, 0.2) is 0 Å². The van der Waals surface area contributed by atoms with Crippen molar-refractivity contribution < 1.29 is 9.53 Å². The predicted molar refractivity (Wildman–Crippen MR) is 110 cm³/mol. The molecule has 0 unspecified atom stereocenters. The molecule has 138 valence electrons. The van der Waals surface area contributed by atoms with Crippen molar-refractivity contribution in [2.45, 2.75) is 0 Å². The lowest BCUT2D eigenvalue weighted by atomic mass is 10.1. The highest BCUT2D eigenvalue weighted by Gasteiger charge is 2.10. The fourth-order valence-electron chi connectivity index (χ4n) is 2.85. The molecule has 0 radical (unpaired) electrons. The van der Waals surface area contributed by atoms with Crippen LogP contribution in [0, 0.1) is 0 Å². The van der Waals surface area contributed by atoms with Gasteiger partial charge in [-0.15, -0.1) is 0 Å². The molecule has 1 heterocycles. The van der Waals surface area contributed by atoms with E-state index in [-0.39, 0.29) is 5.91 Å². The maximum atomic E-state index is 12.3. The Labute approximate surface area is 161 Å². The second-order valence-electron chi connectivity index (χ2n) is 6.20. The highest BCUT2D eigenvalue weighted by atomic mass is 16.5. The van der Waals surface area contributed by atoms with E-state index in [1.807, 2.05) is 54.6 Å². The summed E-state index contributed by atoms with van der Waals surface area (Å²) in [6.45, 7) is 0. The first kappa shape index (κ1) is 17.5. The number of H-pyrrole nitrogens is 1. The Morgan fingerprint density at radius 2 is 1.82 bits per heavy atom. The Hall–Kier alpha value is -3.93. The number of aromatic nitrogens is 2. The van der Waals surface area contributed by atoms with Crippen molar-refractivity contribution in [3.8, 4) is 17.0 Å². The van der Waals surface area contributed by atoms with Gasteiger partial charge in [-0.05, 0) is 52.7 Å². The van der Waals surface area contributed by atoms with Crippen LogP contribution >= 0.6 is 0 Å². The van der Waals surface area contributed by atoms with Crippen LogP contribution in [0.15, 0.2) is 77.9 Å². The Balaban J connectivity index is 1.45. The maximum Gasteiger partial charge on any atom is 0.289 e. The Morgan fingerprint density at radius 3 is 2.61 bits per heavy atom. The van der Waals surface area contributed by atoms with Crippen molar-refractivity contribution in [1.82, 2.24) is 15.6 Å². The molecule has 1 amide bonds. The number of carbonyl (C=O) groups is 1. The normalized spacial score (nSPS) is 11.0. The van der Waals surface area contributed by atoms with Crippen LogP contribution in [0.3, 0.4) is 0 Å². The smallest absolute Gasteiger partial charge is 0.289 e. The molecule has 0 aliphatic rings. The molecule has 0 spiro atoms. The Bertz CT molecular complexity index is 1150. The second-order valence-corrected chi connectivity index (χ2v) is 6.20. The van der Waals surface area contributed by atoms with E-state index in [1.54, 1.807) is 19.4 Å². The number of methoxy groups -OCH3 is 1. The number of rotatable bonds is 5. The summed E-state index contributed by atoms with van der Waals surface area (Å²) in [5.74, 6) is 0.407. The summed E-state index contributed by atoms with van der Waals surface area (Å²) in [4.78, 5) is 12.3. The fraction of sp³-hybridized carbons (Fsp3) is 0.0455. The zero-order valence-electron chi connectivity index (χ0n) is 15.2. The monoisotopic (exact) mass is 370 g/mol. The number of hydrazone groups is 1. The van der Waals surface area contributed by atoms with Gasteiger partial charge in [-0.25, -0.2) is 5.43 Å². The van der Waals surface area contributed by atoms with E-state index in [9.17, 15) is 4.79 Å². The van der Waals surface area contributed by atoms with Crippen LogP contribution in [-0.2, 0) is 0 Å². The van der Waals surface area contributed by atoms with Gasteiger partial charge in [0.25, 0.3) is 5.91 Å². The van der Waals surface area contributed by atoms with Gasteiger partial charge >= 0.3 is 0 Å². The van der Waals surface area contributed by atoms with Gasteiger partial charge in [0, 0.05) is 5.56 Å². The standard InChI is InChI=1S/C22H18N4O2/c1-28-19-10-6-15(7-11-19)14-23-26-22(27)21-13-20(24-25-21)18-9-8-16-4-2-3-5-17(16)12-18/h2-14H,1H3,(H,24,25)(H,26,27)/b23-14+. The highest BCUT2D eigenvalue weighted by molar-refractivity contribution is 5.94. The van der Waals surface area contributed by atoms with Crippen molar-refractivity contribution in [1.29, 1.82) is 0 Å². The Kier molecular flexibility index (Phi) is 4.84. The molecule has 0 atom stereocenters. The molecule has 28 heavy (non-hydrogen) atoms. The number of amides is 1. The number of hydrogen-bond donors (Lipinski definition) is 2. The molecule has 6 nitrogen and oxygen atoms in total. The number of benzene rings is 3. The summed E-state index contributed by atoms with van der Waals surface area (Å²) in [7, 11) is 1.61. The third kappa shape index (κ3) is 3.76. The number of ether oxygens (including phenoxy) is 1. The molecule has 0 fully saturated rings. The molecule has 2 N–H and O–H groups in total. The third-order valence-corrected chi connectivity index (χ3v) is 4.36. The number of carbonyl (C=O) groups excluding carboxylic acids is 1. The zero-order valence-corrected chi connectivity index (χ0v) is 15.2. The summed E-state index contributed by atoms with van der Waals surface area (Å²) in [5, 5.41) is 13.3. The Morgan fingerprint density at radius 1 is 1.04 bits per heavy atom. The van der Waals surface area contributed by atoms with Crippen LogP contribution < -0.4 is 10.2 Å². The summed E-state index contributed by atoms with van der Waals surface area (Å²) in [6.07, 6.45) is 1.57. The molecule has 3 aromatic carbocycles. The average molecular weight is 370 g/mol. The number of hydrogen-bond acceptors (Lipinski definition) is 4. The first-order valence-electron chi connectivity index (χ1n) is 8.75. The van der Waals surface area contributed by atoms with Crippen molar-refractivity contribution in [3.63, 3.8) is 0 Å². The van der Waals surface area contributed by atoms with Crippen LogP contribution in [0.4, 0.5) is 0 Å². The van der Waals surface area contributed by atoms with E-state index in [2.05, 4.69) is 32.9 Å². The van der Waals surface area contributed by atoms with E-state index < -0.39 is 0 Å². The predicted octanol–water partition coefficient (Wildman–Crippen LogP) is 4.00. The maximum absolute atomic E-state index is 12.3. The van der Waals surface area contributed by atoms with Crippen LogP contribution in [0.25, 0.3) is 22.0 Å². The van der Waals surface area contributed by atoms with E-state index >= 15 is 0 Å². The van der Waals surface area contributed by atoms with Gasteiger partial charge in [0.1, 0.15) is 11.4 Å². The molecule has 4 rings (SSSR count). The van der Waals surface area contributed by atoms with Gasteiger partial charge in [0.2, 0.25) is 0 Å². The van der Waals surface area contributed by atoms with Gasteiger partial charge in [-0.2, -0.15) is 10.2 Å². The number of nitrogens with one attached hydrogen (secondary N) is 2. The summed E-state index contributed by atoms with van der Waals surface area (Å²) < 4.78 is 5.11. The third-order valence-electron chi connectivity index (χ3n) is 4.36. The topological polar surface area (TPSA) is 79.4 Å². The van der Waals surface area contributed by atoms with Crippen LogP contribution in [0.1, 0.15) is 16.1 Å². The fourth-order valence-corrected chi connectivity index (χ4v) is 2.85. The number of aromatic amines is 1. The first-order chi connectivity index (χ1) is 13.7. The van der Waals surface area contributed by atoms with Crippen molar-refractivity contribution >= 4 is 22.9 Å². The van der Waals surface area contributed by atoms with Gasteiger partial charge in [-0.1, -0.05) is 36.4 Å². The molecule has 4 aromatic rings. The van der Waals surface area contributed by atoms with Crippen LogP contribution in [0.2, 0.25) is 0 Å². The van der Waals surface area contributed by atoms with Gasteiger partial charge in [-0.3, -0.25) is 9.89 Å². The number of fused-ring (bicyclic) bond motifs is 1. The summed E-state index contributed by atoms with van der Waals surface area (Å²) in [6, 6.07) is 23.3. The zero-order chi connectivity index (χ0) is 19.3. The van der Waals surface area contributed by atoms with E-state index in [4.69, 9.17) is 4.74 Å². The molecule has 0 aliphatic heterocycles. The average Bonchev–Trinajstić information content (AvgIpc) is 3.24. The number of nitrogens with zero attached hydrogens (tertiary/aromatic N) is 2. The molecular formula is C22H18N4O2. The molecule has 6 heteroatoms. The molecule has 0 bridgehead atoms. The molecule has 0 saturated heterocycles. The minimum atomic E-state index is -0.357. The first-order valence-corrected chi connectivity index (χ1v) is 8.75. The van der Waals surface area contributed by atoms with Gasteiger partial charge < -0.3 is 4.74 Å². The molecular weight excluding hydrogens is 352 g/mol. The summed E-state index contributed by atoms with van der Waals surface area (Å²) >= 11 is 0. The molecule has 0 saturated carbocycles. The van der Waals surface area contributed by atoms with Crippen LogP contribution in [0.5, 0.6) is 5.75 Å². The lowest BCUT2D eigenvalue weighted by molar-refractivity contribution is 0.0950. The van der Waals surface area contributed by atoms with E-state index in [0.29, 0.717) is 11.4 Å². The summed E-state index contributed by atoms with van der Waals surface area (Å²) in [5.41, 5.74) is 5.33. The lowest BCUT2D eigenvalue weighted by Gasteiger charge is -2.00. The SMILES string of the molecule is COc1ccc(/C=N/NC(=O)c2cc(-c3ccc4ccccc4c3)n[nH]2)cc1. The van der Waals surface area contributed by atoms with Crippen molar-refractivity contribution in [3.05, 3.63) is 84.1 Å². The van der Waals surface area contributed by atoms with Crippen molar-refractivity contribution in [2.75, 3.05) is 7.11 Å². The minimum absolute atomic E-state index is 0.343. The van der Waals surface area contributed by atoms with Crippen molar-refractivity contribution in [2.24, 2.45) is 5.10 Å². The second kappa shape index (κ2) is 7.75. The minimum Gasteiger partial charge on any atom is -0.497 e. The largest absolute Gasteiger partial charge is 0.497 e. The highest BCUT2D eigenvalue weighted by Crippen LogP contribution is 2.23. The van der Waals surface area contributed by atoms with Gasteiger partial charge in [0.05, 0.1) is 19.0 Å². The molecule has 1 aromatic heterocycles. The van der Waals surface area contributed by atoms with E-state index in [0.717, 1.165) is 27.6 Å². The lowest BCUT2D eigenvalue weighted by Crippen LogP contribution is -2.17. The van der Waals surface area contributed by atoms with Crippen LogP contribution in [-0.4, -0.2) is 29.4 Å². The van der Waals surface area contributed by atoms with E-state index in [1.165, 1.54) is 0 Å². The quantitative estimate of drug-likeness (QED) is 0.412.